The SMILES string of the molecule is Cc1cc(C)c(-c2[nH]nc(N)c2C)c(C)c1. The van der Waals surface area contributed by atoms with Crippen LogP contribution in [0.4, 0.5) is 5.82 Å². The molecule has 0 amide bonds. The van der Waals surface area contributed by atoms with Crippen molar-refractivity contribution in [3.05, 3.63) is 34.4 Å². The van der Waals surface area contributed by atoms with E-state index in [-0.39, 0.29) is 0 Å². The summed E-state index contributed by atoms with van der Waals surface area (Å²) >= 11 is 0. The third kappa shape index (κ3) is 1.58. The zero-order valence-electron chi connectivity index (χ0n) is 10.2. The van der Waals surface area contributed by atoms with Crippen LogP contribution in [0.3, 0.4) is 0 Å². The van der Waals surface area contributed by atoms with Crippen LogP contribution in [0.25, 0.3) is 11.3 Å². The Labute approximate surface area is 95.7 Å². The summed E-state index contributed by atoms with van der Waals surface area (Å²) in [7, 11) is 0. The van der Waals surface area contributed by atoms with Gasteiger partial charge >= 0.3 is 0 Å². The van der Waals surface area contributed by atoms with Gasteiger partial charge in [-0.2, -0.15) is 5.10 Å². The number of nitrogens with two attached hydrogens (primary N) is 1. The van der Waals surface area contributed by atoms with Crippen molar-refractivity contribution in [3.8, 4) is 11.3 Å². The highest BCUT2D eigenvalue weighted by molar-refractivity contribution is 5.73. The number of benzene rings is 1. The van der Waals surface area contributed by atoms with Gasteiger partial charge in [0.25, 0.3) is 0 Å². The number of aryl methyl sites for hydroxylation is 3. The fraction of sp³-hybridized carbons (Fsp3) is 0.308. The maximum Gasteiger partial charge on any atom is 0.148 e. The second-order valence-corrected chi connectivity index (χ2v) is 4.38. The lowest BCUT2D eigenvalue weighted by Gasteiger charge is -2.10. The summed E-state index contributed by atoms with van der Waals surface area (Å²) in [6.07, 6.45) is 0. The molecule has 1 heterocycles. The molecule has 2 aromatic rings. The van der Waals surface area contributed by atoms with Gasteiger partial charge in [0.2, 0.25) is 0 Å². The van der Waals surface area contributed by atoms with Gasteiger partial charge in [-0.15, -0.1) is 0 Å². The largest absolute Gasteiger partial charge is 0.382 e. The van der Waals surface area contributed by atoms with Crippen LogP contribution in [0.15, 0.2) is 12.1 Å². The van der Waals surface area contributed by atoms with Crippen LogP contribution >= 0.6 is 0 Å². The monoisotopic (exact) mass is 215 g/mol. The molecule has 3 N–H and O–H groups in total. The predicted octanol–water partition coefficient (Wildman–Crippen LogP) is 2.89. The third-order valence-electron chi connectivity index (χ3n) is 2.97. The van der Waals surface area contributed by atoms with E-state index >= 15 is 0 Å². The van der Waals surface area contributed by atoms with Crippen LogP contribution in [-0.4, -0.2) is 10.2 Å². The summed E-state index contributed by atoms with van der Waals surface area (Å²) < 4.78 is 0. The molecule has 0 spiro atoms. The molecular weight excluding hydrogens is 198 g/mol. The van der Waals surface area contributed by atoms with Gasteiger partial charge < -0.3 is 5.73 Å². The van der Waals surface area contributed by atoms with Crippen LogP contribution in [0, 0.1) is 27.7 Å². The van der Waals surface area contributed by atoms with Crippen molar-refractivity contribution in [2.75, 3.05) is 5.73 Å². The fourth-order valence-corrected chi connectivity index (χ4v) is 2.23. The number of H-pyrrole nitrogens is 1. The second kappa shape index (κ2) is 3.67. The Morgan fingerprint density at radius 3 is 2.06 bits per heavy atom. The lowest BCUT2D eigenvalue weighted by molar-refractivity contribution is 1.10. The maximum atomic E-state index is 5.77. The summed E-state index contributed by atoms with van der Waals surface area (Å²) in [4.78, 5) is 0. The summed E-state index contributed by atoms with van der Waals surface area (Å²) in [6, 6.07) is 4.36. The smallest absolute Gasteiger partial charge is 0.148 e. The standard InChI is InChI=1S/C13H17N3/c1-7-5-8(2)11(9(3)6-7)12-10(4)13(14)16-15-12/h5-6H,1-4H3,(H3,14,15,16). The molecule has 0 aliphatic carbocycles. The van der Waals surface area contributed by atoms with Crippen molar-refractivity contribution in [1.82, 2.24) is 10.2 Å². The molecule has 16 heavy (non-hydrogen) atoms. The molecule has 84 valence electrons. The van der Waals surface area contributed by atoms with Gasteiger partial charge in [0, 0.05) is 11.1 Å². The van der Waals surface area contributed by atoms with Gasteiger partial charge in [-0.05, 0) is 38.8 Å². The third-order valence-corrected chi connectivity index (χ3v) is 2.97. The van der Waals surface area contributed by atoms with E-state index in [9.17, 15) is 0 Å². The molecule has 0 bridgehead atoms. The first-order valence-electron chi connectivity index (χ1n) is 5.39. The van der Waals surface area contributed by atoms with Crippen LogP contribution in [0.2, 0.25) is 0 Å². The molecule has 0 aliphatic rings. The van der Waals surface area contributed by atoms with Gasteiger partial charge in [-0.25, -0.2) is 0 Å². The first-order chi connectivity index (χ1) is 7.50. The van der Waals surface area contributed by atoms with Gasteiger partial charge in [0.15, 0.2) is 0 Å². The molecule has 3 nitrogen and oxygen atoms in total. The van der Waals surface area contributed by atoms with Crippen LogP contribution in [0.5, 0.6) is 0 Å². The zero-order chi connectivity index (χ0) is 11.9. The summed E-state index contributed by atoms with van der Waals surface area (Å²) in [5, 5.41) is 7.07. The van der Waals surface area contributed by atoms with Gasteiger partial charge in [-0.1, -0.05) is 17.7 Å². The molecule has 1 aromatic heterocycles. The van der Waals surface area contributed by atoms with Crippen LogP contribution in [0.1, 0.15) is 22.3 Å². The maximum absolute atomic E-state index is 5.77. The minimum Gasteiger partial charge on any atom is -0.382 e. The van der Waals surface area contributed by atoms with Crippen molar-refractivity contribution in [1.29, 1.82) is 0 Å². The van der Waals surface area contributed by atoms with Gasteiger partial charge in [0.1, 0.15) is 5.82 Å². The molecule has 1 aromatic carbocycles. The number of nitrogens with zero attached hydrogens (tertiary/aromatic N) is 1. The highest BCUT2D eigenvalue weighted by Gasteiger charge is 2.13. The fourth-order valence-electron chi connectivity index (χ4n) is 2.23. The number of hydrogen-bond donors (Lipinski definition) is 2. The van der Waals surface area contributed by atoms with Crippen molar-refractivity contribution in [2.45, 2.75) is 27.7 Å². The normalized spacial score (nSPS) is 10.8. The molecule has 0 saturated carbocycles. The van der Waals surface area contributed by atoms with Gasteiger partial charge in [0.05, 0.1) is 5.69 Å². The zero-order valence-corrected chi connectivity index (χ0v) is 10.2. The van der Waals surface area contributed by atoms with Crippen LogP contribution < -0.4 is 5.73 Å². The lowest BCUT2D eigenvalue weighted by atomic mass is 9.96. The average Bonchev–Trinajstić information content (AvgIpc) is 2.48. The number of nitrogens with one attached hydrogen (secondary N) is 1. The quantitative estimate of drug-likeness (QED) is 0.768. The molecule has 0 atom stereocenters. The van der Waals surface area contributed by atoms with Crippen molar-refractivity contribution >= 4 is 5.82 Å². The first-order valence-corrected chi connectivity index (χ1v) is 5.39. The Morgan fingerprint density at radius 1 is 1.06 bits per heavy atom. The van der Waals surface area contributed by atoms with E-state index in [0.29, 0.717) is 5.82 Å². The molecule has 0 saturated heterocycles. The van der Waals surface area contributed by atoms with E-state index < -0.39 is 0 Å². The molecular formula is C13H17N3. The lowest BCUT2D eigenvalue weighted by Crippen LogP contribution is -1.92. The van der Waals surface area contributed by atoms with Crippen molar-refractivity contribution in [3.63, 3.8) is 0 Å². The minimum absolute atomic E-state index is 0.578. The molecule has 0 aliphatic heterocycles. The highest BCUT2D eigenvalue weighted by Crippen LogP contribution is 2.30. The summed E-state index contributed by atoms with van der Waals surface area (Å²) in [5.41, 5.74) is 12.8. The molecule has 0 unspecified atom stereocenters. The Kier molecular flexibility index (Phi) is 2.46. The van der Waals surface area contributed by atoms with E-state index in [4.69, 9.17) is 5.73 Å². The topological polar surface area (TPSA) is 54.7 Å². The highest BCUT2D eigenvalue weighted by atomic mass is 15.2. The summed E-state index contributed by atoms with van der Waals surface area (Å²) in [6.45, 7) is 8.34. The number of aromatic nitrogens is 2. The van der Waals surface area contributed by atoms with Gasteiger partial charge in [-0.3, -0.25) is 5.10 Å². The van der Waals surface area contributed by atoms with Crippen molar-refractivity contribution < 1.29 is 0 Å². The molecule has 0 radical (unpaired) electrons. The van der Waals surface area contributed by atoms with E-state index in [0.717, 1.165) is 11.3 Å². The number of hydrogen-bond acceptors (Lipinski definition) is 2. The Balaban J connectivity index is 2.69. The average molecular weight is 215 g/mol. The van der Waals surface area contributed by atoms with E-state index in [2.05, 4.69) is 43.1 Å². The first kappa shape index (κ1) is 10.7. The van der Waals surface area contributed by atoms with E-state index in [1.807, 2.05) is 6.92 Å². The molecule has 2 rings (SSSR count). The van der Waals surface area contributed by atoms with E-state index in [1.165, 1.54) is 22.3 Å². The minimum atomic E-state index is 0.578. The molecule has 3 heteroatoms. The van der Waals surface area contributed by atoms with Crippen LogP contribution in [-0.2, 0) is 0 Å². The Morgan fingerprint density at radius 2 is 1.62 bits per heavy atom. The predicted molar refractivity (Wildman–Crippen MR) is 67.4 cm³/mol. The number of nitrogen functional groups attached to an aromatic ring is 1. The Hall–Kier alpha value is -1.77. The number of aromatic amines is 1. The summed E-state index contributed by atoms with van der Waals surface area (Å²) in [5.74, 6) is 0.578. The number of anilines is 1. The molecule has 0 fully saturated rings. The van der Waals surface area contributed by atoms with E-state index in [1.54, 1.807) is 0 Å². The Bertz CT molecular complexity index is 515. The number of rotatable bonds is 1. The second-order valence-electron chi connectivity index (χ2n) is 4.38. The van der Waals surface area contributed by atoms with Crippen molar-refractivity contribution in [2.24, 2.45) is 0 Å².